The van der Waals surface area contributed by atoms with E-state index in [9.17, 15) is 9.59 Å². The van der Waals surface area contributed by atoms with E-state index in [4.69, 9.17) is 4.74 Å². The van der Waals surface area contributed by atoms with Crippen LogP contribution in [0.25, 0.3) is 11.6 Å². The van der Waals surface area contributed by atoms with Gasteiger partial charge < -0.3 is 4.74 Å². The van der Waals surface area contributed by atoms with E-state index < -0.39 is 11.9 Å². The maximum atomic E-state index is 12.2. The summed E-state index contributed by atoms with van der Waals surface area (Å²) in [5, 5.41) is 0. The smallest absolute Gasteiger partial charge is 0.346 e. The zero-order valence-corrected chi connectivity index (χ0v) is 13.2. The number of rotatable bonds is 4. The van der Waals surface area contributed by atoms with Crippen molar-refractivity contribution in [1.82, 2.24) is 0 Å². The minimum Gasteiger partial charge on any atom is -0.386 e. The molecule has 0 atom stereocenters. The Balaban J connectivity index is 2.11. The van der Waals surface area contributed by atoms with E-state index >= 15 is 0 Å². The van der Waals surface area contributed by atoms with Crippen LogP contribution >= 0.6 is 0 Å². The molecule has 0 heterocycles. The molecule has 0 amide bonds. The molecule has 2 aromatic rings. The van der Waals surface area contributed by atoms with Crippen LogP contribution in [0, 0.1) is 0 Å². The van der Waals surface area contributed by atoms with E-state index in [-0.39, 0.29) is 0 Å². The molecule has 0 aliphatic heterocycles. The largest absolute Gasteiger partial charge is 0.386 e. The number of carbonyl (C=O) groups is 2. The quantitative estimate of drug-likeness (QED) is 0.474. The molecule has 2 aromatic carbocycles. The molecule has 0 N–H and O–H groups in total. The van der Waals surface area contributed by atoms with Crippen molar-refractivity contribution in [2.45, 2.75) is 13.8 Å². The molecule has 3 nitrogen and oxygen atoms in total. The van der Waals surface area contributed by atoms with Crippen molar-refractivity contribution < 1.29 is 14.3 Å². The SMILES string of the molecule is CC=C(C(=O)OC(=O)c1ccc(/C=C/C)cc1)c1ccccc1. The van der Waals surface area contributed by atoms with Gasteiger partial charge >= 0.3 is 11.9 Å². The normalized spacial score (nSPS) is 11.5. The fourth-order valence-electron chi connectivity index (χ4n) is 2.14. The predicted octanol–water partition coefficient (Wildman–Crippen LogP) is 4.51. The zero-order chi connectivity index (χ0) is 16.7. The van der Waals surface area contributed by atoms with Crippen LogP contribution in [0.5, 0.6) is 0 Å². The van der Waals surface area contributed by atoms with Gasteiger partial charge in [0.1, 0.15) is 0 Å². The first-order valence-electron chi connectivity index (χ1n) is 7.36. The molecule has 3 heteroatoms. The van der Waals surface area contributed by atoms with Gasteiger partial charge in [-0.05, 0) is 37.1 Å². The second-order valence-electron chi connectivity index (χ2n) is 4.87. The summed E-state index contributed by atoms with van der Waals surface area (Å²) >= 11 is 0. The van der Waals surface area contributed by atoms with E-state index in [0.717, 1.165) is 11.1 Å². The van der Waals surface area contributed by atoms with Gasteiger partial charge in [-0.3, -0.25) is 0 Å². The molecule has 0 aliphatic carbocycles. The van der Waals surface area contributed by atoms with Crippen LogP contribution in [0.3, 0.4) is 0 Å². The van der Waals surface area contributed by atoms with Crippen molar-refractivity contribution in [1.29, 1.82) is 0 Å². The van der Waals surface area contributed by atoms with Gasteiger partial charge in [0, 0.05) is 0 Å². The van der Waals surface area contributed by atoms with Crippen molar-refractivity contribution in [2.24, 2.45) is 0 Å². The average Bonchev–Trinajstić information content (AvgIpc) is 2.57. The number of hydrogen-bond acceptors (Lipinski definition) is 3. The van der Waals surface area contributed by atoms with Crippen LogP contribution in [0.4, 0.5) is 0 Å². The Kier molecular flexibility index (Phi) is 5.64. The molecule has 2 rings (SSSR count). The highest BCUT2D eigenvalue weighted by molar-refractivity contribution is 6.20. The van der Waals surface area contributed by atoms with E-state index in [1.165, 1.54) is 0 Å². The highest BCUT2D eigenvalue weighted by atomic mass is 16.6. The van der Waals surface area contributed by atoms with Crippen LogP contribution in [0.2, 0.25) is 0 Å². The summed E-state index contributed by atoms with van der Waals surface area (Å²) in [4.78, 5) is 24.3. The summed E-state index contributed by atoms with van der Waals surface area (Å²) in [5.74, 6) is -1.31. The molecule has 0 aliphatic rings. The molecule has 0 saturated carbocycles. The Labute approximate surface area is 135 Å². The van der Waals surface area contributed by atoms with Crippen LogP contribution in [-0.2, 0) is 9.53 Å². The third kappa shape index (κ3) is 4.27. The van der Waals surface area contributed by atoms with E-state index in [0.29, 0.717) is 11.1 Å². The molecular weight excluding hydrogens is 288 g/mol. The van der Waals surface area contributed by atoms with Crippen LogP contribution in [-0.4, -0.2) is 11.9 Å². The fraction of sp³-hybridized carbons (Fsp3) is 0.100. The van der Waals surface area contributed by atoms with Gasteiger partial charge in [-0.15, -0.1) is 0 Å². The summed E-state index contributed by atoms with van der Waals surface area (Å²) in [6.45, 7) is 3.66. The number of esters is 2. The molecule has 0 spiro atoms. The van der Waals surface area contributed by atoms with Gasteiger partial charge in [0.25, 0.3) is 0 Å². The first-order valence-corrected chi connectivity index (χ1v) is 7.36. The number of hydrogen-bond donors (Lipinski definition) is 0. The summed E-state index contributed by atoms with van der Waals surface area (Å²) in [5.41, 5.74) is 2.41. The Morgan fingerprint density at radius 2 is 1.52 bits per heavy atom. The molecule has 0 unspecified atom stereocenters. The predicted molar refractivity (Wildman–Crippen MR) is 91.7 cm³/mol. The molecule has 0 saturated heterocycles. The Morgan fingerprint density at radius 1 is 0.870 bits per heavy atom. The lowest BCUT2D eigenvalue weighted by Gasteiger charge is -2.07. The molecule has 0 aromatic heterocycles. The minimum absolute atomic E-state index is 0.343. The molecular formula is C20H18O3. The fourth-order valence-corrected chi connectivity index (χ4v) is 2.14. The summed E-state index contributed by atoms with van der Waals surface area (Å²) < 4.78 is 4.98. The Bertz CT molecular complexity index is 738. The third-order valence-electron chi connectivity index (χ3n) is 3.28. The Hall–Kier alpha value is -2.94. The summed E-state index contributed by atoms with van der Waals surface area (Å²) in [7, 11) is 0. The first kappa shape index (κ1) is 16.4. The minimum atomic E-state index is -0.655. The molecule has 116 valence electrons. The number of ether oxygens (including phenoxy) is 1. The Morgan fingerprint density at radius 3 is 2.09 bits per heavy atom. The average molecular weight is 306 g/mol. The maximum Gasteiger partial charge on any atom is 0.346 e. The number of benzene rings is 2. The molecule has 0 fully saturated rings. The third-order valence-corrected chi connectivity index (χ3v) is 3.28. The molecule has 23 heavy (non-hydrogen) atoms. The lowest BCUT2D eigenvalue weighted by molar-refractivity contribution is -0.131. The lowest BCUT2D eigenvalue weighted by atomic mass is 10.1. The van der Waals surface area contributed by atoms with Crippen LogP contribution in [0.1, 0.15) is 35.3 Å². The first-order chi connectivity index (χ1) is 11.2. The van der Waals surface area contributed by atoms with Gasteiger partial charge in [-0.25, -0.2) is 9.59 Å². The van der Waals surface area contributed by atoms with Crippen molar-refractivity contribution >= 4 is 23.6 Å². The monoisotopic (exact) mass is 306 g/mol. The van der Waals surface area contributed by atoms with Gasteiger partial charge in [0.05, 0.1) is 11.1 Å². The zero-order valence-electron chi connectivity index (χ0n) is 13.2. The van der Waals surface area contributed by atoms with Crippen LogP contribution < -0.4 is 0 Å². The maximum absolute atomic E-state index is 12.2. The van der Waals surface area contributed by atoms with E-state index in [1.54, 1.807) is 49.4 Å². The second-order valence-corrected chi connectivity index (χ2v) is 4.87. The second kappa shape index (κ2) is 7.90. The van der Waals surface area contributed by atoms with Crippen molar-refractivity contribution in [3.8, 4) is 0 Å². The lowest BCUT2D eigenvalue weighted by Crippen LogP contribution is -2.14. The number of carbonyl (C=O) groups excluding carboxylic acids is 2. The van der Waals surface area contributed by atoms with Gasteiger partial charge in [-0.2, -0.15) is 0 Å². The van der Waals surface area contributed by atoms with Crippen molar-refractivity contribution in [3.63, 3.8) is 0 Å². The summed E-state index contributed by atoms with van der Waals surface area (Å²) in [6, 6.07) is 16.0. The van der Waals surface area contributed by atoms with Gasteiger partial charge in [-0.1, -0.05) is 60.7 Å². The van der Waals surface area contributed by atoms with E-state index in [1.807, 2.05) is 37.3 Å². The van der Waals surface area contributed by atoms with Crippen molar-refractivity contribution in [2.75, 3.05) is 0 Å². The van der Waals surface area contributed by atoms with E-state index in [2.05, 4.69) is 0 Å². The van der Waals surface area contributed by atoms with Crippen molar-refractivity contribution in [3.05, 3.63) is 83.4 Å². The number of allylic oxidation sites excluding steroid dienone is 2. The van der Waals surface area contributed by atoms with Gasteiger partial charge in [0.15, 0.2) is 0 Å². The molecule has 0 bridgehead atoms. The topological polar surface area (TPSA) is 43.4 Å². The molecule has 0 radical (unpaired) electrons. The van der Waals surface area contributed by atoms with Crippen LogP contribution in [0.15, 0.2) is 66.7 Å². The highest BCUT2D eigenvalue weighted by Crippen LogP contribution is 2.17. The summed E-state index contributed by atoms with van der Waals surface area (Å²) in [6.07, 6.45) is 5.47. The van der Waals surface area contributed by atoms with Gasteiger partial charge in [0.2, 0.25) is 0 Å². The highest BCUT2D eigenvalue weighted by Gasteiger charge is 2.17. The standard InChI is InChI=1S/C20H18O3/c1-3-8-15-11-13-17(14-12-15)19(21)23-20(22)18(4-2)16-9-6-5-7-10-16/h3-14H,1-2H3/b8-3+,18-4?.